The molecule has 2 aliphatic rings. The Bertz CT molecular complexity index is 305. The second-order valence-corrected chi connectivity index (χ2v) is 9.21. The Kier molecular flexibility index (Phi) is 3.49. The average Bonchev–Trinajstić information content (AvgIpc) is 2.56. The monoisotopic (exact) mass is 245 g/mol. The molecule has 16 heavy (non-hydrogen) atoms. The van der Waals surface area contributed by atoms with Crippen molar-refractivity contribution in [3.63, 3.8) is 0 Å². The van der Waals surface area contributed by atoms with Gasteiger partial charge in [-0.3, -0.25) is 4.90 Å². The quantitative estimate of drug-likeness (QED) is 0.714. The highest BCUT2D eigenvalue weighted by Crippen LogP contribution is 2.52. The molecule has 0 aromatic rings. The summed E-state index contributed by atoms with van der Waals surface area (Å²) in [7, 11) is -1.90. The number of rotatable bonds is 3. The first-order valence-electron chi connectivity index (χ1n) is 6.36. The molecule has 0 spiro atoms. The second kappa shape index (κ2) is 4.44. The third-order valence-electron chi connectivity index (χ3n) is 3.90. The topological polar surface area (TPSA) is 29.5 Å². The van der Waals surface area contributed by atoms with E-state index in [9.17, 15) is 4.57 Å². The van der Waals surface area contributed by atoms with E-state index < -0.39 is 7.14 Å². The zero-order chi connectivity index (χ0) is 11.8. The van der Waals surface area contributed by atoms with Gasteiger partial charge in [-0.15, -0.1) is 0 Å². The smallest absolute Gasteiger partial charge is 0.0879 e. The Hall–Kier alpha value is 0.150. The first-order valence-corrected chi connectivity index (χ1v) is 8.88. The predicted octanol–water partition coefficient (Wildman–Crippen LogP) is 2.25. The van der Waals surface area contributed by atoms with Crippen molar-refractivity contribution in [3.8, 4) is 0 Å². The van der Waals surface area contributed by atoms with Crippen molar-refractivity contribution in [2.45, 2.75) is 38.3 Å². The molecule has 2 saturated heterocycles. The van der Waals surface area contributed by atoms with Gasteiger partial charge in [0, 0.05) is 18.9 Å². The van der Waals surface area contributed by atoms with Crippen LogP contribution in [0.2, 0.25) is 0 Å². The fourth-order valence-electron chi connectivity index (χ4n) is 3.09. The fourth-order valence-corrected chi connectivity index (χ4v) is 5.60. The van der Waals surface area contributed by atoms with Crippen LogP contribution < -0.4 is 0 Å². The summed E-state index contributed by atoms with van der Waals surface area (Å²) in [5.74, 6) is 0. The van der Waals surface area contributed by atoms with Gasteiger partial charge in [-0.2, -0.15) is 0 Å². The summed E-state index contributed by atoms with van der Waals surface area (Å²) < 4.78 is 18.2. The van der Waals surface area contributed by atoms with Crippen LogP contribution in [0.5, 0.6) is 0 Å². The molecule has 0 aromatic carbocycles. The van der Waals surface area contributed by atoms with Crippen molar-refractivity contribution < 1.29 is 9.30 Å². The van der Waals surface area contributed by atoms with Crippen LogP contribution in [0.25, 0.3) is 0 Å². The number of hydrogen-bond acceptors (Lipinski definition) is 3. The average molecular weight is 245 g/mol. The number of ether oxygens (including phenoxy) is 1. The van der Waals surface area contributed by atoms with Crippen molar-refractivity contribution in [1.82, 2.24) is 4.90 Å². The Labute approximate surface area is 98.9 Å². The molecule has 0 aromatic heterocycles. The minimum absolute atomic E-state index is 0.104. The van der Waals surface area contributed by atoms with Crippen LogP contribution in [0.15, 0.2) is 0 Å². The van der Waals surface area contributed by atoms with Crippen LogP contribution in [-0.4, -0.2) is 55.2 Å². The molecule has 2 rings (SSSR count). The van der Waals surface area contributed by atoms with Gasteiger partial charge in [-0.1, -0.05) is 0 Å². The van der Waals surface area contributed by atoms with E-state index in [4.69, 9.17) is 4.74 Å². The molecule has 2 atom stereocenters. The van der Waals surface area contributed by atoms with Crippen molar-refractivity contribution in [1.29, 1.82) is 0 Å². The number of fused-ring (bicyclic) bond motifs is 1. The lowest BCUT2D eigenvalue weighted by Crippen LogP contribution is -2.54. The minimum Gasteiger partial charge on any atom is -0.377 e. The molecular formula is C12H24NO2P. The van der Waals surface area contributed by atoms with Gasteiger partial charge in [0.25, 0.3) is 0 Å². The Morgan fingerprint density at radius 1 is 1.44 bits per heavy atom. The predicted molar refractivity (Wildman–Crippen MR) is 67.9 cm³/mol. The first kappa shape index (κ1) is 12.6. The standard InChI is InChI=1S/C12H24NO2P/c1-11(2)15-9-12-5-4-6-13(12)7-8-16(3,14)10-12/h11H,4-10H2,1-3H3. The van der Waals surface area contributed by atoms with Crippen LogP contribution >= 0.6 is 7.14 Å². The van der Waals surface area contributed by atoms with Gasteiger partial charge < -0.3 is 9.30 Å². The maximum atomic E-state index is 12.3. The summed E-state index contributed by atoms with van der Waals surface area (Å²) in [5, 5.41) is 0. The first-order chi connectivity index (χ1) is 7.44. The van der Waals surface area contributed by atoms with Gasteiger partial charge >= 0.3 is 0 Å². The third kappa shape index (κ3) is 2.52. The number of nitrogens with zero attached hydrogens (tertiary/aromatic N) is 1. The summed E-state index contributed by atoms with van der Waals surface area (Å²) >= 11 is 0. The number of hydrogen-bond donors (Lipinski definition) is 0. The molecule has 2 aliphatic heterocycles. The minimum atomic E-state index is -1.90. The van der Waals surface area contributed by atoms with Crippen molar-refractivity contribution in [3.05, 3.63) is 0 Å². The van der Waals surface area contributed by atoms with Crippen molar-refractivity contribution in [2.75, 3.05) is 38.7 Å². The normalized spacial score (nSPS) is 40.2. The van der Waals surface area contributed by atoms with Gasteiger partial charge in [-0.25, -0.2) is 0 Å². The molecule has 94 valence electrons. The van der Waals surface area contributed by atoms with E-state index in [1.807, 2.05) is 6.66 Å². The Balaban J connectivity index is 2.10. The molecule has 2 heterocycles. The van der Waals surface area contributed by atoms with Crippen molar-refractivity contribution >= 4 is 7.14 Å². The maximum absolute atomic E-state index is 12.3. The molecule has 0 N–H and O–H groups in total. The zero-order valence-electron chi connectivity index (χ0n) is 10.7. The molecule has 2 fully saturated rings. The molecule has 0 radical (unpaired) electrons. The maximum Gasteiger partial charge on any atom is 0.0879 e. The van der Waals surface area contributed by atoms with E-state index in [-0.39, 0.29) is 11.6 Å². The molecule has 4 heteroatoms. The van der Waals surface area contributed by atoms with E-state index in [1.165, 1.54) is 13.0 Å². The highest BCUT2D eigenvalue weighted by molar-refractivity contribution is 7.63. The highest BCUT2D eigenvalue weighted by Gasteiger charge is 2.48. The summed E-state index contributed by atoms with van der Waals surface area (Å²) in [4.78, 5) is 2.52. The SMILES string of the molecule is CC(C)OCC12CCCN1CCP(C)(=O)C2. The summed E-state index contributed by atoms with van der Waals surface area (Å²) in [6.07, 6.45) is 4.44. The van der Waals surface area contributed by atoms with Crippen LogP contribution in [0.4, 0.5) is 0 Å². The van der Waals surface area contributed by atoms with Gasteiger partial charge in [0.2, 0.25) is 0 Å². The highest BCUT2D eigenvalue weighted by atomic mass is 31.2. The largest absolute Gasteiger partial charge is 0.377 e. The van der Waals surface area contributed by atoms with Crippen molar-refractivity contribution in [2.24, 2.45) is 0 Å². The summed E-state index contributed by atoms with van der Waals surface area (Å²) in [6.45, 7) is 9.06. The summed E-state index contributed by atoms with van der Waals surface area (Å²) in [5.41, 5.74) is 0.104. The molecule has 3 nitrogen and oxygen atoms in total. The van der Waals surface area contributed by atoms with Gasteiger partial charge in [0.1, 0.15) is 0 Å². The van der Waals surface area contributed by atoms with Crippen LogP contribution in [0.1, 0.15) is 26.7 Å². The van der Waals surface area contributed by atoms with E-state index in [0.717, 1.165) is 31.9 Å². The van der Waals surface area contributed by atoms with E-state index in [1.54, 1.807) is 0 Å². The zero-order valence-corrected chi connectivity index (χ0v) is 11.6. The van der Waals surface area contributed by atoms with Crippen LogP contribution in [0.3, 0.4) is 0 Å². The second-order valence-electron chi connectivity index (χ2n) is 5.85. The third-order valence-corrected chi connectivity index (χ3v) is 6.30. The van der Waals surface area contributed by atoms with Gasteiger partial charge in [-0.05, 0) is 39.9 Å². The fraction of sp³-hybridized carbons (Fsp3) is 1.00. The molecule has 0 saturated carbocycles. The lowest BCUT2D eigenvalue weighted by molar-refractivity contribution is -0.00420. The molecule has 0 amide bonds. The molecular weight excluding hydrogens is 221 g/mol. The lowest BCUT2D eigenvalue weighted by Gasteiger charge is -2.44. The van der Waals surface area contributed by atoms with E-state index >= 15 is 0 Å². The lowest BCUT2D eigenvalue weighted by atomic mass is 9.99. The molecule has 0 bridgehead atoms. The van der Waals surface area contributed by atoms with Gasteiger partial charge in [0.15, 0.2) is 0 Å². The summed E-state index contributed by atoms with van der Waals surface area (Å²) in [6, 6.07) is 0. The molecule has 2 unspecified atom stereocenters. The van der Waals surface area contributed by atoms with E-state index in [0.29, 0.717) is 0 Å². The van der Waals surface area contributed by atoms with Crippen LogP contribution in [0, 0.1) is 0 Å². The van der Waals surface area contributed by atoms with E-state index in [2.05, 4.69) is 18.7 Å². The molecule has 0 aliphatic carbocycles. The Morgan fingerprint density at radius 2 is 2.19 bits per heavy atom. The van der Waals surface area contributed by atoms with Gasteiger partial charge in [0.05, 0.1) is 25.4 Å². The Morgan fingerprint density at radius 3 is 2.88 bits per heavy atom. The van der Waals surface area contributed by atoms with Crippen LogP contribution in [-0.2, 0) is 9.30 Å².